The third-order valence-electron chi connectivity index (χ3n) is 9.45. The maximum absolute atomic E-state index is 6.36. The van der Waals surface area contributed by atoms with E-state index < -0.39 is 0 Å². The minimum atomic E-state index is -0.184. The standard InChI is InChI=1S/C33H40O8/c1-31(2)17-33(25-7-29(40-15-21-11-36-21)27(5-23(25)31)38-13-19-9-34-19)18-32(3,4)24-6-28(39-14-20-10-35-20)30(8-26(24)33)41-16-22-12-37-22/h5-8,19-22H,9-18H2,1-4H3. The van der Waals surface area contributed by atoms with Crippen molar-refractivity contribution in [3.05, 3.63) is 46.5 Å². The lowest BCUT2D eigenvalue weighted by molar-refractivity contribution is 0.227. The van der Waals surface area contributed by atoms with Crippen LogP contribution in [0.4, 0.5) is 0 Å². The molecular weight excluding hydrogens is 524 g/mol. The van der Waals surface area contributed by atoms with E-state index in [1.54, 1.807) is 0 Å². The van der Waals surface area contributed by atoms with Crippen molar-refractivity contribution in [3.8, 4) is 23.0 Å². The number of rotatable bonds is 12. The van der Waals surface area contributed by atoms with Crippen LogP contribution < -0.4 is 18.9 Å². The lowest BCUT2D eigenvalue weighted by atomic mass is 9.72. The molecule has 8 heteroatoms. The van der Waals surface area contributed by atoms with E-state index in [2.05, 4.69) is 52.0 Å². The second-order valence-corrected chi connectivity index (χ2v) is 14.0. The fourth-order valence-corrected chi connectivity index (χ4v) is 7.16. The first kappa shape index (κ1) is 26.1. The first-order valence-electron chi connectivity index (χ1n) is 15.1. The van der Waals surface area contributed by atoms with Crippen LogP contribution in [0, 0.1) is 0 Å². The van der Waals surface area contributed by atoms with Crippen LogP contribution in [-0.2, 0) is 35.2 Å². The Morgan fingerprint density at radius 3 is 1.05 bits per heavy atom. The fraction of sp³-hybridized carbons (Fsp3) is 0.636. The van der Waals surface area contributed by atoms with Gasteiger partial charge in [0.05, 0.1) is 26.4 Å². The molecule has 2 aromatic rings. The van der Waals surface area contributed by atoms with Gasteiger partial charge in [0.25, 0.3) is 0 Å². The Labute approximate surface area is 241 Å². The van der Waals surface area contributed by atoms with Crippen LogP contribution in [0.15, 0.2) is 24.3 Å². The van der Waals surface area contributed by atoms with Gasteiger partial charge in [-0.2, -0.15) is 0 Å². The molecule has 0 bridgehead atoms. The zero-order valence-electron chi connectivity index (χ0n) is 24.5. The summed E-state index contributed by atoms with van der Waals surface area (Å²) in [5.74, 6) is 3.16. The molecule has 4 atom stereocenters. The largest absolute Gasteiger partial charge is 0.487 e. The summed E-state index contributed by atoms with van der Waals surface area (Å²) in [5, 5.41) is 0. The minimum absolute atomic E-state index is 0.0549. The van der Waals surface area contributed by atoms with Crippen molar-refractivity contribution < 1.29 is 37.9 Å². The molecule has 0 aromatic heterocycles. The van der Waals surface area contributed by atoms with Crippen LogP contribution >= 0.6 is 0 Å². The van der Waals surface area contributed by atoms with Crippen LogP contribution in [0.2, 0.25) is 0 Å². The second-order valence-electron chi connectivity index (χ2n) is 14.0. The van der Waals surface area contributed by atoms with Gasteiger partial charge in [-0.3, -0.25) is 0 Å². The topological polar surface area (TPSA) is 87.0 Å². The molecule has 1 spiro atoms. The lowest BCUT2D eigenvalue weighted by Gasteiger charge is -2.31. The molecule has 2 aliphatic carbocycles. The Morgan fingerprint density at radius 1 is 0.512 bits per heavy atom. The summed E-state index contributed by atoms with van der Waals surface area (Å²) < 4.78 is 47.0. The highest BCUT2D eigenvalue weighted by Crippen LogP contribution is 2.65. The quantitative estimate of drug-likeness (QED) is 0.350. The van der Waals surface area contributed by atoms with Crippen LogP contribution in [-0.4, -0.2) is 77.3 Å². The van der Waals surface area contributed by atoms with E-state index in [9.17, 15) is 0 Å². The molecule has 6 aliphatic rings. The predicted octanol–water partition coefficient (Wildman–Crippen LogP) is 4.45. The van der Waals surface area contributed by atoms with Gasteiger partial charge in [-0.1, -0.05) is 27.7 Å². The van der Waals surface area contributed by atoms with Gasteiger partial charge in [0.2, 0.25) is 0 Å². The van der Waals surface area contributed by atoms with E-state index in [-0.39, 0.29) is 40.7 Å². The monoisotopic (exact) mass is 564 g/mol. The van der Waals surface area contributed by atoms with Crippen molar-refractivity contribution in [3.63, 3.8) is 0 Å². The summed E-state index contributed by atoms with van der Waals surface area (Å²) in [4.78, 5) is 0. The van der Waals surface area contributed by atoms with Gasteiger partial charge in [-0.15, -0.1) is 0 Å². The second kappa shape index (κ2) is 9.24. The van der Waals surface area contributed by atoms with Gasteiger partial charge in [-0.05, 0) is 70.2 Å². The van der Waals surface area contributed by atoms with E-state index >= 15 is 0 Å². The lowest BCUT2D eigenvalue weighted by Crippen LogP contribution is -2.27. The molecule has 0 saturated carbocycles. The summed E-state index contributed by atoms with van der Waals surface area (Å²) in [6.45, 7) is 14.6. The summed E-state index contributed by atoms with van der Waals surface area (Å²) in [6.07, 6.45) is 2.66. The number of ether oxygens (including phenoxy) is 8. The molecule has 0 radical (unpaired) electrons. The van der Waals surface area contributed by atoms with Crippen molar-refractivity contribution in [2.75, 3.05) is 52.9 Å². The Kier molecular flexibility index (Phi) is 5.89. The van der Waals surface area contributed by atoms with Crippen molar-refractivity contribution >= 4 is 0 Å². The molecule has 4 saturated heterocycles. The van der Waals surface area contributed by atoms with Crippen LogP contribution in [0.1, 0.15) is 62.8 Å². The highest BCUT2D eigenvalue weighted by atomic mass is 16.6. The molecule has 0 N–H and O–H groups in total. The Morgan fingerprint density at radius 2 is 0.780 bits per heavy atom. The van der Waals surface area contributed by atoms with Gasteiger partial charge in [0.15, 0.2) is 23.0 Å². The van der Waals surface area contributed by atoms with Gasteiger partial charge >= 0.3 is 0 Å². The van der Waals surface area contributed by atoms with Gasteiger partial charge < -0.3 is 37.9 Å². The van der Waals surface area contributed by atoms with E-state index in [1.807, 2.05) is 0 Å². The molecule has 2 aromatic carbocycles. The third kappa shape index (κ3) is 4.97. The first-order valence-corrected chi connectivity index (χ1v) is 15.1. The molecule has 8 nitrogen and oxygen atoms in total. The fourth-order valence-electron chi connectivity index (χ4n) is 7.16. The molecule has 8 rings (SSSR count). The zero-order chi connectivity index (χ0) is 28.0. The molecule has 0 amide bonds. The van der Waals surface area contributed by atoms with Crippen LogP contribution in [0.5, 0.6) is 23.0 Å². The van der Waals surface area contributed by atoms with Gasteiger partial charge in [0.1, 0.15) is 50.8 Å². The summed E-state index contributed by atoms with van der Waals surface area (Å²) >= 11 is 0. The maximum atomic E-state index is 6.36. The number of fused-ring (bicyclic) bond motifs is 4. The maximum Gasteiger partial charge on any atom is 0.161 e. The normalized spacial score (nSPS) is 32.3. The van der Waals surface area contributed by atoms with Crippen molar-refractivity contribution in [1.82, 2.24) is 0 Å². The van der Waals surface area contributed by atoms with E-state index in [1.165, 1.54) is 22.3 Å². The van der Waals surface area contributed by atoms with E-state index in [0.29, 0.717) is 26.4 Å². The minimum Gasteiger partial charge on any atom is -0.487 e. The molecule has 4 aliphatic heterocycles. The number of hydrogen-bond donors (Lipinski definition) is 0. The highest BCUT2D eigenvalue weighted by molar-refractivity contribution is 5.66. The Balaban J connectivity index is 1.22. The Hall–Kier alpha value is -2.52. The zero-order valence-corrected chi connectivity index (χ0v) is 24.5. The van der Waals surface area contributed by atoms with Crippen LogP contribution in [0.3, 0.4) is 0 Å². The van der Waals surface area contributed by atoms with E-state index in [0.717, 1.165) is 62.3 Å². The SMILES string of the molecule is CC1(C)CC2(CC(C)(C)c3cc(OCC4CO4)c(OCC4CO4)cc32)c2cc(OCC3CO3)c(OCC3CO3)cc21. The van der Waals surface area contributed by atoms with Gasteiger partial charge in [0, 0.05) is 5.41 Å². The molecule has 4 unspecified atom stereocenters. The van der Waals surface area contributed by atoms with Crippen LogP contribution in [0.25, 0.3) is 0 Å². The summed E-state index contributed by atoms with van der Waals surface area (Å²) in [7, 11) is 0. The average molecular weight is 565 g/mol. The van der Waals surface area contributed by atoms with Crippen molar-refractivity contribution in [1.29, 1.82) is 0 Å². The van der Waals surface area contributed by atoms with Crippen molar-refractivity contribution in [2.45, 2.75) is 81.2 Å². The first-order chi connectivity index (χ1) is 19.7. The molecule has 220 valence electrons. The summed E-state index contributed by atoms with van der Waals surface area (Å²) in [5.41, 5.74) is 5.00. The third-order valence-corrected chi connectivity index (χ3v) is 9.45. The number of epoxide rings is 4. The molecular formula is C33H40O8. The van der Waals surface area contributed by atoms with Gasteiger partial charge in [-0.25, -0.2) is 0 Å². The number of benzene rings is 2. The highest BCUT2D eigenvalue weighted by Gasteiger charge is 2.57. The molecule has 4 fully saturated rings. The van der Waals surface area contributed by atoms with E-state index in [4.69, 9.17) is 37.9 Å². The predicted molar refractivity (Wildman–Crippen MR) is 150 cm³/mol. The number of hydrogen-bond acceptors (Lipinski definition) is 8. The smallest absolute Gasteiger partial charge is 0.161 e. The van der Waals surface area contributed by atoms with Crippen molar-refractivity contribution in [2.24, 2.45) is 0 Å². The summed E-state index contributed by atoms with van der Waals surface area (Å²) in [6, 6.07) is 8.98. The Bertz CT molecular complexity index is 1250. The molecule has 41 heavy (non-hydrogen) atoms. The molecule has 4 heterocycles. The average Bonchev–Trinajstić information content (AvgIpc) is 3.76.